The van der Waals surface area contributed by atoms with Gasteiger partial charge >= 0.3 is 6.36 Å². The summed E-state index contributed by atoms with van der Waals surface area (Å²) in [6, 6.07) is 4.72. The molecule has 1 unspecified atom stereocenters. The van der Waals surface area contributed by atoms with Gasteiger partial charge in [0.2, 0.25) is 5.96 Å². The molecular weight excluding hydrogens is 441 g/mol. The topological polar surface area (TPSA) is 85.1 Å². The first-order chi connectivity index (χ1) is 15.2. The minimum absolute atomic E-state index is 0.137. The van der Waals surface area contributed by atoms with Crippen LogP contribution in [0.1, 0.15) is 32.3 Å². The number of thioether (sulfide) groups is 1. The van der Waals surface area contributed by atoms with E-state index in [9.17, 15) is 13.2 Å². The van der Waals surface area contributed by atoms with E-state index in [0.29, 0.717) is 16.6 Å². The Kier molecular flexibility index (Phi) is 7.83. The Morgan fingerprint density at radius 1 is 1.41 bits per heavy atom. The lowest BCUT2D eigenvalue weighted by atomic mass is 10.0. The number of piperidine rings is 1. The van der Waals surface area contributed by atoms with Gasteiger partial charge in [-0.05, 0) is 63.4 Å². The van der Waals surface area contributed by atoms with Crippen LogP contribution in [-0.2, 0) is 0 Å². The minimum Gasteiger partial charge on any atom is -0.405 e. The summed E-state index contributed by atoms with van der Waals surface area (Å²) in [5, 5.41) is 22.7. The summed E-state index contributed by atoms with van der Waals surface area (Å²) < 4.78 is 43.4. The number of benzene rings is 1. The molecule has 7 nitrogen and oxygen atoms in total. The van der Waals surface area contributed by atoms with Crippen molar-refractivity contribution in [1.29, 1.82) is 5.41 Å². The molecule has 1 saturated heterocycles. The molecule has 3 rings (SSSR count). The highest BCUT2D eigenvalue weighted by Gasteiger charge is 2.34. The van der Waals surface area contributed by atoms with Crippen LogP contribution >= 0.6 is 11.8 Å². The van der Waals surface area contributed by atoms with Crippen LogP contribution in [0.3, 0.4) is 0 Å². The zero-order valence-corrected chi connectivity index (χ0v) is 19.0. The first-order valence-corrected chi connectivity index (χ1v) is 11.5. The third-order valence-corrected chi connectivity index (χ3v) is 5.81. The van der Waals surface area contributed by atoms with Gasteiger partial charge in [-0.15, -0.1) is 35.1 Å². The lowest BCUT2D eigenvalue weighted by molar-refractivity contribution is -0.274. The normalized spacial score (nSPS) is 20.9. The summed E-state index contributed by atoms with van der Waals surface area (Å²) in [6.45, 7) is 6.59. The first kappa shape index (κ1) is 24.1. The van der Waals surface area contributed by atoms with Crippen molar-refractivity contribution in [2.24, 2.45) is 10.2 Å². The summed E-state index contributed by atoms with van der Waals surface area (Å²) in [6.07, 6.45) is 0.473. The van der Waals surface area contributed by atoms with Crippen molar-refractivity contribution in [1.82, 2.24) is 15.5 Å². The fourth-order valence-electron chi connectivity index (χ4n) is 3.64. The average Bonchev–Trinajstić information content (AvgIpc) is 2.73. The van der Waals surface area contributed by atoms with E-state index in [1.54, 1.807) is 19.2 Å². The number of rotatable bonds is 6. The first-order valence-electron chi connectivity index (χ1n) is 10.3. The fraction of sp³-hybridized carbons (Fsp3) is 0.476. The highest BCUT2D eigenvalue weighted by molar-refractivity contribution is 7.98. The largest absolute Gasteiger partial charge is 0.573 e. The Morgan fingerprint density at radius 3 is 2.84 bits per heavy atom. The van der Waals surface area contributed by atoms with Crippen molar-refractivity contribution in [2.45, 2.75) is 44.0 Å². The molecule has 0 saturated carbocycles. The van der Waals surface area contributed by atoms with Gasteiger partial charge in [0.1, 0.15) is 11.5 Å². The van der Waals surface area contributed by atoms with Gasteiger partial charge in [-0.3, -0.25) is 0 Å². The Morgan fingerprint density at radius 2 is 2.19 bits per heavy atom. The van der Waals surface area contributed by atoms with E-state index in [4.69, 9.17) is 5.41 Å². The number of ether oxygens (including phenoxy) is 1. The number of alkyl halides is 3. The van der Waals surface area contributed by atoms with Crippen molar-refractivity contribution in [3.05, 3.63) is 35.5 Å². The average molecular weight is 469 g/mol. The highest BCUT2D eigenvalue weighted by atomic mass is 32.2. The van der Waals surface area contributed by atoms with Gasteiger partial charge in [-0.25, -0.2) is 0 Å². The molecule has 32 heavy (non-hydrogen) atoms. The Hall–Kier alpha value is -2.53. The molecule has 0 spiro atoms. The van der Waals surface area contributed by atoms with E-state index < -0.39 is 6.36 Å². The molecular formula is C21H27F3N6OS. The molecule has 0 aromatic heterocycles. The number of hydrogen-bond acceptors (Lipinski definition) is 8. The van der Waals surface area contributed by atoms with E-state index in [-0.39, 0.29) is 28.8 Å². The van der Waals surface area contributed by atoms with Crippen LogP contribution in [0.5, 0.6) is 5.75 Å². The van der Waals surface area contributed by atoms with Crippen LogP contribution in [0.25, 0.3) is 0 Å². The number of allylic oxidation sites excluding steroid dienone is 2. The number of nitrogens with zero attached hydrogens (tertiary/aromatic N) is 3. The third-order valence-electron chi connectivity index (χ3n) is 5.08. The lowest BCUT2D eigenvalue weighted by Crippen LogP contribution is -2.52. The van der Waals surface area contributed by atoms with Gasteiger partial charge in [-0.2, -0.15) is 0 Å². The molecule has 11 heteroatoms. The molecule has 2 aliphatic heterocycles. The van der Waals surface area contributed by atoms with Gasteiger partial charge in [-0.1, -0.05) is 6.92 Å². The van der Waals surface area contributed by atoms with E-state index >= 15 is 0 Å². The van der Waals surface area contributed by atoms with Crippen LogP contribution in [-0.4, -0.2) is 60.6 Å². The van der Waals surface area contributed by atoms with Crippen LogP contribution in [0.2, 0.25) is 0 Å². The number of nitrogens with one attached hydrogen (secondary N) is 3. The molecule has 1 fully saturated rings. The van der Waals surface area contributed by atoms with Crippen molar-refractivity contribution < 1.29 is 17.9 Å². The van der Waals surface area contributed by atoms with Crippen molar-refractivity contribution in [3.63, 3.8) is 0 Å². The fourth-order valence-corrected chi connectivity index (χ4v) is 4.07. The second-order valence-electron chi connectivity index (χ2n) is 7.55. The molecule has 0 radical (unpaired) electrons. The van der Waals surface area contributed by atoms with E-state index in [0.717, 1.165) is 32.5 Å². The highest BCUT2D eigenvalue weighted by Crippen LogP contribution is 2.32. The summed E-state index contributed by atoms with van der Waals surface area (Å²) >= 11 is 1.30. The molecule has 1 atom stereocenters. The number of hydrogen-bond donors (Lipinski definition) is 3. The van der Waals surface area contributed by atoms with Gasteiger partial charge < -0.3 is 25.7 Å². The second kappa shape index (κ2) is 10.4. The zero-order valence-electron chi connectivity index (χ0n) is 18.2. The molecule has 0 aliphatic carbocycles. The summed E-state index contributed by atoms with van der Waals surface area (Å²) in [7, 11) is 0. The predicted molar refractivity (Wildman–Crippen MR) is 122 cm³/mol. The smallest absolute Gasteiger partial charge is 0.405 e. The number of guanidine groups is 1. The standard InChI is InChI=1S/C21H27F3N6OS/c1-4-30-9-5-6-14(12-30)26-20-27-17(10-13(2)25)19(28-29-20)16-8-7-15(32-3)11-18(16)31-21(22,23)24/h7-8,10-11,14,25H,4-6,9,12H2,1-3H3,(H2,26,27,29)/b17-10-,25-13?. The van der Waals surface area contributed by atoms with E-state index in [1.165, 1.54) is 30.0 Å². The lowest BCUT2D eigenvalue weighted by Gasteiger charge is -2.33. The SMILES string of the molecule is CCN1CCCC(NC2=NN=C(c3ccc(SC)cc3OC(F)(F)F)/C(=C/C(C)=N)N2)C1. The molecule has 2 heterocycles. The quantitative estimate of drug-likeness (QED) is 0.435. The van der Waals surface area contributed by atoms with Crippen LogP contribution in [0.4, 0.5) is 13.2 Å². The van der Waals surface area contributed by atoms with Crippen LogP contribution in [0, 0.1) is 5.41 Å². The molecule has 0 amide bonds. The Bertz CT molecular complexity index is 944. The summed E-state index contributed by atoms with van der Waals surface area (Å²) in [5.41, 5.74) is 0.906. The van der Waals surface area contributed by atoms with Crippen LogP contribution in [0.15, 0.2) is 45.1 Å². The zero-order chi connectivity index (χ0) is 23.3. The van der Waals surface area contributed by atoms with Crippen molar-refractivity contribution in [2.75, 3.05) is 25.9 Å². The molecule has 2 aliphatic rings. The Balaban J connectivity index is 1.94. The maximum atomic E-state index is 13.0. The van der Waals surface area contributed by atoms with Gasteiger partial charge in [0, 0.05) is 28.8 Å². The maximum Gasteiger partial charge on any atom is 0.573 e. The summed E-state index contributed by atoms with van der Waals surface area (Å²) in [5.74, 6) is 0.0409. The van der Waals surface area contributed by atoms with Gasteiger partial charge in [0.25, 0.3) is 0 Å². The second-order valence-corrected chi connectivity index (χ2v) is 8.43. The molecule has 1 aromatic carbocycles. The molecule has 3 N–H and O–H groups in total. The monoisotopic (exact) mass is 468 g/mol. The molecule has 1 aromatic rings. The Labute approximate surface area is 189 Å². The molecule has 174 valence electrons. The van der Waals surface area contributed by atoms with Crippen LogP contribution < -0.4 is 15.4 Å². The van der Waals surface area contributed by atoms with Crippen molar-refractivity contribution >= 4 is 29.1 Å². The van der Waals surface area contributed by atoms with Gasteiger partial charge in [0.05, 0.1) is 5.70 Å². The summed E-state index contributed by atoms with van der Waals surface area (Å²) in [4.78, 5) is 2.96. The van der Waals surface area contributed by atoms with Gasteiger partial charge in [0.15, 0.2) is 0 Å². The van der Waals surface area contributed by atoms with E-state index in [1.807, 2.05) is 0 Å². The maximum absolute atomic E-state index is 13.0. The van der Waals surface area contributed by atoms with Crippen molar-refractivity contribution in [3.8, 4) is 5.75 Å². The number of halogens is 3. The third kappa shape index (κ3) is 6.49. The minimum atomic E-state index is -4.85. The number of likely N-dealkylation sites (tertiary alicyclic amines) is 1. The predicted octanol–water partition coefficient (Wildman–Crippen LogP) is 3.97. The molecule has 0 bridgehead atoms. The number of likely N-dealkylation sites (N-methyl/N-ethyl adjacent to an activating group) is 1. The van der Waals surface area contributed by atoms with E-state index in [2.05, 4.69) is 37.4 Å².